The highest BCUT2D eigenvalue weighted by Crippen LogP contribution is 2.40. The van der Waals surface area contributed by atoms with Crippen molar-refractivity contribution in [3.05, 3.63) is 65.5 Å². The van der Waals surface area contributed by atoms with Crippen molar-refractivity contribution >= 4 is 5.78 Å². The molecule has 0 spiro atoms. The second-order valence-corrected chi connectivity index (χ2v) is 7.46. The van der Waals surface area contributed by atoms with Crippen LogP contribution in [0.15, 0.2) is 42.7 Å². The summed E-state index contributed by atoms with van der Waals surface area (Å²) in [6.45, 7) is 2.13. The van der Waals surface area contributed by atoms with Gasteiger partial charge < -0.3 is 0 Å². The number of carbonyl (C=O) groups is 1. The van der Waals surface area contributed by atoms with Gasteiger partial charge in [-0.3, -0.25) is 14.7 Å². The van der Waals surface area contributed by atoms with Gasteiger partial charge in [-0.2, -0.15) is 0 Å². The van der Waals surface area contributed by atoms with E-state index in [4.69, 9.17) is 0 Å². The van der Waals surface area contributed by atoms with Gasteiger partial charge in [-0.15, -0.1) is 0 Å². The largest absolute Gasteiger partial charge is 0.300 e. The van der Waals surface area contributed by atoms with Crippen LogP contribution in [0.4, 0.5) is 8.78 Å². The number of Topliss-reactive ketones (excluding diaryl/α,β-unsaturated/α-hetero) is 1. The van der Waals surface area contributed by atoms with Crippen LogP contribution in [0.2, 0.25) is 0 Å². The van der Waals surface area contributed by atoms with Crippen LogP contribution in [0, 0.1) is 23.5 Å². The van der Waals surface area contributed by atoms with Crippen LogP contribution in [-0.4, -0.2) is 34.8 Å². The van der Waals surface area contributed by atoms with Crippen molar-refractivity contribution in [1.82, 2.24) is 9.88 Å². The number of carbonyl (C=O) groups excluding carboxylic acids is 1. The summed E-state index contributed by atoms with van der Waals surface area (Å²) in [5, 5.41) is 0. The second-order valence-electron chi connectivity index (χ2n) is 7.46. The Morgan fingerprint density at radius 3 is 2.54 bits per heavy atom. The number of ketones is 1. The molecule has 4 heterocycles. The SMILES string of the molecule is O=C(C[C@@H]1C2CCN(CC2)[C@H]1Cc1cccnc1)c1cc(F)cc(F)c1. The molecule has 0 saturated carbocycles. The zero-order valence-corrected chi connectivity index (χ0v) is 14.6. The summed E-state index contributed by atoms with van der Waals surface area (Å²) >= 11 is 0. The molecule has 2 aromatic rings. The number of hydrogen-bond donors (Lipinski definition) is 0. The highest BCUT2D eigenvalue weighted by atomic mass is 19.1. The number of piperidine rings is 3. The molecule has 1 aromatic carbocycles. The molecule has 0 unspecified atom stereocenters. The number of benzene rings is 1. The first kappa shape index (κ1) is 17.3. The molecule has 5 rings (SSSR count). The third-order valence-corrected chi connectivity index (χ3v) is 5.92. The third kappa shape index (κ3) is 3.54. The van der Waals surface area contributed by atoms with Crippen molar-refractivity contribution < 1.29 is 13.6 Å². The van der Waals surface area contributed by atoms with E-state index in [-0.39, 0.29) is 23.3 Å². The molecule has 136 valence electrons. The maximum Gasteiger partial charge on any atom is 0.163 e. The van der Waals surface area contributed by atoms with Crippen LogP contribution in [-0.2, 0) is 6.42 Å². The standard InChI is InChI=1S/C21H22F2N2O/c22-17-9-16(10-18(23)11-17)21(26)12-19-15-3-6-25(7-4-15)20(19)8-14-2-1-5-24-13-14/h1-2,5,9-11,13,15,19-20H,3-4,6-8,12H2/t19-,20+/m1/s1. The zero-order chi connectivity index (χ0) is 18.1. The average Bonchev–Trinajstić information content (AvgIpc) is 2.64. The fourth-order valence-corrected chi connectivity index (χ4v) is 4.65. The van der Waals surface area contributed by atoms with E-state index in [1.54, 1.807) is 6.20 Å². The molecule has 2 bridgehead atoms. The second kappa shape index (κ2) is 7.23. The monoisotopic (exact) mass is 356 g/mol. The highest BCUT2D eigenvalue weighted by Gasteiger charge is 2.42. The maximum absolute atomic E-state index is 13.5. The fourth-order valence-electron chi connectivity index (χ4n) is 4.65. The van der Waals surface area contributed by atoms with Crippen molar-refractivity contribution in [2.75, 3.05) is 13.1 Å². The Morgan fingerprint density at radius 1 is 1.15 bits per heavy atom. The van der Waals surface area contributed by atoms with Crippen LogP contribution in [0.3, 0.4) is 0 Å². The van der Waals surface area contributed by atoms with Gasteiger partial charge in [-0.1, -0.05) is 6.07 Å². The minimum Gasteiger partial charge on any atom is -0.300 e. The molecule has 0 radical (unpaired) electrons. The average molecular weight is 356 g/mol. The Morgan fingerprint density at radius 2 is 1.88 bits per heavy atom. The molecule has 3 nitrogen and oxygen atoms in total. The van der Waals surface area contributed by atoms with Crippen molar-refractivity contribution in [3.63, 3.8) is 0 Å². The summed E-state index contributed by atoms with van der Waals surface area (Å²) in [6.07, 6.45) is 7.04. The normalized spacial score (nSPS) is 27.5. The first-order valence-corrected chi connectivity index (χ1v) is 9.22. The Kier molecular flexibility index (Phi) is 4.81. The lowest BCUT2D eigenvalue weighted by Crippen LogP contribution is -2.56. The first-order chi connectivity index (χ1) is 12.6. The number of hydrogen-bond acceptors (Lipinski definition) is 3. The van der Waals surface area contributed by atoms with E-state index >= 15 is 0 Å². The predicted molar refractivity (Wildman–Crippen MR) is 94.8 cm³/mol. The Hall–Kier alpha value is -2.14. The summed E-state index contributed by atoms with van der Waals surface area (Å²) in [5.74, 6) is -0.845. The van der Waals surface area contributed by atoms with Crippen molar-refractivity contribution in [2.24, 2.45) is 11.8 Å². The number of rotatable bonds is 5. The maximum atomic E-state index is 13.5. The van der Waals surface area contributed by atoms with Gasteiger partial charge in [0.15, 0.2) is 5.78 Å². The van der Waals surface area contributed by atoms with E-state index in [0.29, 0.717) is 12.3 Å². The summed E-state index contributed by atoms with van der Waals surface area (Å²) in [6, 6.07) is 7.37. The van der Waals surface area contributed by atoms with Gasteiger partial charge in [-0.25, -0.2) is 8.78 Å². The summed E-state index contributed by atoms with van der Waals surface area (Å²) in [7, 11) is 0. The predicted octanol–water partition coefficient (Wildman–Crippen LogP) is 3.89. The lowest BCUT2D eigenvalue weighted by Gasteiger charge is -2.51. The smallest absolute Gasteiger partial charge is 0.163 e. The molecule has 0 N–H and O–H groups in total. The van der Waals surface area contributed by atoms with Gasteiger partial charge in [0.1, 0.15) is 11.6 Å². The van der Waals surface area contributed by atoms with E-state index in [1.807, 2.05) is 12.3 Å². The molecule has 5 heteroatoms. The molecular formula is C21H22F2N2O. The molecule has 3 aliphatic rings. The summed E-state index contributed by atoms with van der Waals surface area (Å²) < 4.78 is 26.9. The first-order valence-electron chi connectivity index (χ1n) is 9.22. The molecular weight excluding hydrogens is 334 g/mol. The van der Waals surface area contributed by atoms with Crippen LogP contribution < -0.4 is 0 Å². The van der Waals surface area contributed by atoms with E-state index in [1.165, 1.54) is 5.56 Å². The topological polar surface area (TPSA) is 33.2 Å². The molecule has 26 heavy (non-hydrogen) atoms. The Bertz CT molecular complexity index is 768. The zero-order valence-electron chi connectivity index (χ0n) is 14.6. The van der Waals surface area contributed by atoms with Crippen molar-refractivity contribution in [1.29, 1.82) is 0 Å². The van der Waals surface area contributed by atoms with Gasteiger partial charge in [0.05, 0.1) is 0 Å². The molecule has 0 aliphatic carbocycles. The number of fused-ring (bicyclic) bond motifs is 3. The minimum absolute atomic E-state index is 0.138. The minimum atomic E-state index is -0.700. The molecule has 0 amide bonds. The van der Waals surface area contributed by atoms with Crippen LogP contribution in [0.1, 0.15) is 35.2 Å². The van der Waals surface area contributed by atoms with E-state index in [0.717, 1.165) is 50.6 Å². The molecule has 2 atom stereocenters. The van der Waals surface area contributed by atoms with Gasteiger partial charge in [0, 0.05) is 36.5 Å². The van der Waals surface area contributed by atoms with E-state index < -0.39 is 11.6 Å². The number of halogens is 2. The number of pyridine rings is 1. The number of nitrogens with zero attached hydrogens (tertiary/aromatic N) is 2. The fraction of sp³-hybridized carbons (Fsp3) is 0.429. The lowest BCUT2D eigenvalue weighted by molar-refractivity contribution is -0.0112. The Labute approximate surface area is 152 Å². The summed E-state index contributed by atoms with van der Waals surface area (Å²) in [5.41, 5.74) is 1.30. The van der Waals surface area contributed by atoms with Gasteiger partial charge in [0.2, 0.25) is 0 Å². The van der Waals surface area contributed by atoms with E-state index in [2.05, 4.69) is 16.0 Å². The van der Waals surface area contributed by atoms with Gasteiger partial charge >= 0.3 is 0 Å². The van der Waals surface area contributed by atoms with Crippen LogP contribution in [0.5, 0.6) is 0 Å². The molecule has 3 fully saturated rings. The van der Waals surface area contributed by atoms with Crippen LogP contribution in [0.25, 0.3) is 0 Å². The van der Waals surface area contributed by atoms with Crippen molar-refractivity contribution in [2.45, 2.75) is 31.7 Å². The number of aromatic nitrogens is 1. The van der Waals surface area contributed by atoms with E-state index in [9.17, 15) is 13.6 Å². The highest BCUT2D eigenvalue weighted by molar-refractivity contribution is 5.96. The summed E-state index contributed by atoms with van der Waals surface area (Å²) in [4.78, 5) is 19.4. The van der Waals surface area contributed by atoms with Crippen LogP contribution >= 0.6 is 0 Å². The molecule has 3 saturated heterocycles. The lowest BCUT2D eigenvalue weighted by atomic mass is 9.70. The quantitative estimate of drug-likeness (QED) is 0.762. The van der Waals surface area contributed by atoms with Gasteiger partial charge in [-0.05, 0) is 68.0 Å². The molecule has 1 aromatic heterocycles. The Balaban J connectivity index is 1.55. The molecule has 3 aliphatic heterocycles. The van der Waals surface area contributed by atoms with Gasteiger partial charge in [0.25, 0.3) is 0 Å². The third-order valence-electron chi connectivity index (χ3n) is 5.92. The van der Waals surface area contributed by atoms with Crippen molar-refractivity contribution in [3.8, 4) is 0 Å².